The third kappa shape index (κ3) is 5.38. The molecule has 0 aliphatic rings. The van der Waals surface area contributed by atoms with Crippen LogP contribution in [0.15, 0.2) is 53.7 Å². The number of thioether (sulfide) groups is 1. The first kappa shape index (κ1) is 21.8. The Morgan fingerprint density at radius 3 is 2.50 bits per heavy atom. The molecule has 30 heavy (non-hydrogen) atoms. The van der Waals surface area contributed by atoms with E-state index in [0.29, 0.717) is 16.9 Å². The molecular weight excluding hydrogens is 403 g/mol. The number of nitrogens with zero attached hydrogens (tertiary/aromatic N) is 3. The first-order chi connectivity index (χ1) is 14.3. The minimum absolute atomic E-state index is 0.0895. The second kappa shape index (κ2) is 9.75. The van der Waals surface area contributed by atoms with Crippen molar-refractivity contribution in [3.05, 3.63) is 65.7 Å². The Morgan fingerprint density at radius 2 is 1.83 bits per heavy atom. The van der Waals surface area contributed by atoms with Crippen LogP contribution in [-0.4, -0.2) is 26.4 Å². The van der Waals surface area contributed by atoms with Crippen LogP contribution in [0.2, 0.25) is 0 Å². The maximum atomic E-state index is 13.6. The summed E-state index contributed by atoms with van der Waals surface area (Å²) >= 11 is 1.23. The zero-order valence-corrected chi connectivity index (χ0v) is 18.2. The molecule has 1 aromatic heterocycles. The van der Waals surface area contributed by atoms with Crippen molar-refractivity contribution in [3.8, 4) is 5.75 Å². The van der Waals surface area contributed by atoms with Crippen molar-refractivity contribution in [2.24, 2.45) is 7.05 Å². The molecule has 1 atom stereocenters. The Morgan fingerprint density at radius 1 is 1.13 bits per heavy atom. The number of hydrogen-bond donors (Lipinski definition) is 1. The fraction of sp³-hybridized carbons (Fsp3) is 0.318. The number of ether oxygens (including phenoxy) is 1. The molecule has 1 N–H and O–H groups in total. The van der Waals surface area contributed by atoms with Gasteiger partial charge < -0.3 is 14.6 Å². The molecule has 3 rings (SSSR count). The van der Waals surface area contributed by atoms with Crippen LogP contribution < -0.4 is 10.1 Å². The Balaban J connectivity index is 1.58. The summed E-state index contributed by atoms with van der Waals surface area (Å²) in [7, 11) is 1.83. The number of aromatic nitrogens is 3. The third-order valence-corrected chi connectivity index (χ3v) is 5.59. The lowest BCUT2D eigenvalue weighted by atomic mass is 10.0. The average molecular weight is 429 g/mol. The van der Waals surface area contributed by atoms with E-state index in [9.17, 15) is 9.18 Å². The van der Waals surface area contributed by atoms with Gasteiger partial charge in [0.15, 0.2) is 17.1 Å². The summed E-state index contributed by atoms with van der Waals surface area (Å²) in [5.74, 6) is 1.18. The number of amides is 1. The van der Waals surface area contributed by atoms with Crippen molar-refractivity contribution in [1.29, 1.82) is 0 Å². The molecule has 158 valence electrons. The molecule has 1 heterocycles. The van der Waals surface area contributed by atoms with E-state index in [1.165, 1.54) is 29.5 Å². The number of rotatable bonds is 8. The normalized spacial score (nSPS) is 12.1. The molecule has 0 spiro atoms. The molecule has 0 aliphatic heterocycles. The Bertz CT molecular complexity index is 1000. The number of nitrogens with one attached hydrogen (secondary N) is 1. The van der Waals surface area contributed by atoms with E-state index in [2.05, 4.69) is 41.5 Å². The van der Waals surface area contributed by atoms with E-state index in [1.54, 1.807) is 16.7 Å². The lowest BCUT2D eigenvalue weighted by Gasteiger charge is -2.15. The topological polar surface area (TPSA) is 69.0 Å². The van der Waals surface area contributed by atoms with Crippen LogP contribution in [0.1, 0.15) is 44.2 Å². The van der Waals surface area contributed by atoms with Crippen molar-refractivity contribution in [1.82, 2.24) is 14.8 Å². The molecule has 0 saturated heterocycles. The monoisotopic (exact) mass is 428 g/mol. The fourth-order valence-electron chi connectivity index (χ4n) is 2.87. The van der Waals surface area contributed by atoms with Gasteiger partial charge in [0.2, 0.25) is 5.91 Å². The highest BCUT2D eigenvalue weighted by atomic mass is 32.2. The number of anilines is 1. The van der Waals surface area contributed by atoms with Crippen LogP contribution in [0.4, 0.5) is 10.1 Å². The number of hydrogen-bond acceptors (Lipinski definition) is 5. The number of para-hydroxylation sites is 1. The second-order valence-electron chi connectivity index (χ2n) is 7.20. The van der Waals surface area contributed by atoms with E-state index in [4.69, 9.17) is 4.74 Å². The van der Waals surface area contributed by atoms with Crippen LogP contribution in [0.25, 0.3) is 0 Å². The third-order valence-electron chi connectivity index (χ3n) is 4.57. The molecule has 1 unspecified atom stereocenters. The van der Waals surface area contributed by atoms with E-state index in [-0.39, 0.29) is 23.5 Å². The van der Waals surface area contributed by atoms with Crippen LogP contribution in [0.3, 0.4) is 0 Å². The fourth-order valence-corrected chi connectivity index (χ4v) is 3.59. The van der Waals surface area contributed by atoms with Crippen molar-refractivity contribution in [3.63, 3.8) is 0 Å². The predicted octanol–water partition coefficient (Wildman–Crippen LogP) is 4.95. The minimum atomic E-state index is -0.468. The Labute approximate surface area is 179 Å². The number of benzene rings is 2. The largest absolute Gasteiger partial charge is 0.483 e. The molecule has 2 aromatic carbocycles. The number of carbonyl (C=O) groups excluding carboxylic acids is 1. The van der Waals surface area contributed by atoms with Crippen LogP contribution >= 0.6 is 11.8 Å². The molecule has 0 aliphatic carbocycles. The van der Waals surface area contributed by atoms with Crippen LogP contribution in [0, 0.1) is 5.82 Å². The van der Waals surface area contributed by atoms with E-state index < -0.39 is 5.82 Å². The van der Waals surface area contributed by atoms with Gasteiger partial charge in [0, 0.05) is 7.05 Å². The second-order valence-corrected chi connectivity index (χ2v) is 8.14. The summed E-state index contributed by atoms with van der Waals surface area (Å²) in [5.41, 5.74) is 1.41. The summed E-state index contributed by atoms with van der Waals surface area (Å²) in [6, 6.07) is 14.1. The highest BCUT2D eigenvalue weighted by molar-refractivity contribution is 7.99. The van der Waals surface area contributed by atoms with Gasteiger partial charge in [-0.25, -0.2) is 4.39 Å². The summed E-state index contributed by atoms with van der Waals surface area (Å²) in [5, 5.41) is 11.5. The number of halogens is 1. The summed E-state index contributed by atoms with van der Waals surface area (Å²) in [6.45, 7) is 6.20. The van der Waals surface area contributed by atoms with Gasteiger partial charge in [-0.2, -0.15) is 0 Å². The van der Waals surface area contributed by atoms with Gasteiger partial charge >= 0.3 is 0 Å². The quantitative estimate of drug-likeness (QED) is 0.514. The first-order valence-electron chi connectivity index (χ1n) is 9.68. The highest BCUT2D eigenvalue weighted by Gasteiger charge is 2.18. The summed E-state index contributed by atoms with van der Waals surface area (Å²) < 4.78 is 21.4. The minimum Gasteiger partial charge on any atom is -0.483 e. The molecular formula is C22H25FN4O2S. The maximum Gasteiger partial charge on any atom is 0.234 e. The van der Waals surface area contributed by atoms with Crippen molar-refractivity contribution in [2.45, 2.75) is 37.9 Å². The van der Waals surface area contributed by atoms with Gasteiger partial charge in [0.05, 0.1) is 11.4 Å². The zero-order valence-electron chi connectivity index (χ0n) is 17.4. The van der Waals surface area contributed by atoms with Gasteiger partial charge in [-0.3, -0.25) is 4.79 Å². The smallest absolute Gasteiger partial charge is 0.234 e. The van der Waals surface area contributed by atoms with Gasteiger partial charge in [0.25, 0.3) is 0 Å². The van der Waals surface area contributed by atoms with Crippen LogP contribution in [-0.2, 0) is 11.8 Å². The molecule has 6 nitrogen and oxygen atoms in total. The molecule has 8 heteroatoms. The Hall–Kier alpha value is -2.87. The van der Waals surface area contributed by atoms with Gasteiger partial charge in [-0.05, 0) is 42.7 Å². The molecule has 0 radical (unpaired) electrons. The van der Waals surface area contributed by atoms with Crippen molar-refractivity contribution in [2.75, 3.05) is 11.1 Å². The maximum absolute atomic E-state index is 13.6. The van der Waals surface area contributed by atoms with Gasteiger partial charge in [0.1, 0.15) is 11.6 Å². The number of carbonyl (C=O) groups is 1. The summed E-state index contributed by atoms with van der Waals surface area (Å²) in [6.07, 6.45) is -0.311. The molecule has 3 aromatic rings. The molecule has 1 amide bonds. The van der Waals surface area contributed by atoms with Gasteiger partial charge in [-0.15, -0.1) is 10.2 Å². The first-order valence-corrected chi connectivity index (χ1v) is 10.7. The van der Waals surface area contributed by atoms with E-state index >= 15 is 0 Å². The zero-order chi connectivity index (χ0) is 21.7. The standard InChI is InChI=1S/C22H25FN4O2S/c1-14(2)16-9-11-17(12-10-16)29-15(3)21-25-26-22(27(21)4)30-13-20(28)24-19-8-6-5-7-18(19)23/h5-12,14-15H,13H2,1-4H3,(H,24,28). The Kier molecular flexibility index (Phi) is 7.10. The lowest BCUT2D eigenvalue weighted by molar-refractivity contribution is -0.113. The molecule has 0 bridgehead atoms. The van der Waals surface area contributed by atoms with Crippen molar-refractivity contribution < 1.29 is 13.9 Å². The summed E-state index contributed by atoms with van der Waals surface area (Å²) in [4.78, 5) is 12.1. The average Bonchev–Trinajstić information content (AvgIpc) is 3.09. The van der Waals surface area contributed by atoms with Crippen molar-refractivity contribution >= 4 is 23.4 Å². The van der Waals surface area contributed by atoms with Crippen LogP contribution in [0.5, 0.6) is 5.75 Å². The molecule has 0 fully saturated rings. The van der Waals surface area contributed by atoms with Gasteiger partial charge in [-0.1, -0.05) is 49.9 Å². The molecule has 0 saturated carbocycles. The lowest BCUT2D eigenvalue weighted by Crippen LogP contribution is -2.15. The SMILES string of the molecule is CC(C)c1ccc(OC(C)c2nnc(SCC(=O)Nc3ccccc3F)n2C)cc1. The van der Waals surface area contributed by atoms with E-state index in [1.807, 2.05) is 26.1 Å². The van der Waals surface area contributed by atoms with E-state index in [0.717, 1.165) is 5.75 Å². The predicted molar refractivity (Wildman–Crippen MR) is 116 cm³/mol. The highest BCUT2D eigenvalue weighted by Crippen LogP contribution is 2.25.